The van der Waals surface area contributed by atoms with Crippen molar-refractivity contribution in [1.29, 1.82) is 0 Å². The highest BCUT2D eigenvalue weighted by Crippen LogP contribution is 2.35. The number of rotatable bonds is 7. The number of methoxy groups -OCH3 is 1. The monoisotopic (exact) mass is 433 g/mol. The minimum Gasteiger partial charge on any atom is -0.497 e. The Morgan fingerprint density at radius 3 is 2.38 bits per heavy atom. The fraction of sp³-hybridized carbons (Fsp3) is 0.500. The van der Waals surface area contributed by atoms with Crippen molar-refractivity contribution in [3.05, 3.63) is 65.7 Å². The topological polar surface area (TPSA) is 72.2 Å². The molecule has 0 N–H and O–H groups in total. The molecule has 1 aliphatic heterocycles. The molecule has 0 bridgehead atoms. The van der Waals surface area contributed by atoms with Gasteiger partial charge in [0.05, 0.1) is 19.2 Å². The number of ether oxygens (including phenoxy) is 1. The van der Waals surface area contributed by atoms with Crippen LogP contribution in [0.15, 0.2) is 48.8 Å². The van der Waals surface area contributed by atoms with E-state index in [0.29, 0.717) is 6.04 Å². The summed E-state index contributed by atoms with van der Waals surface area (Å²) in [5.41, 5.74) is 2.52. The zero-order valence-corrected chi connectivity index (χ0v) is 18.7. The Labute approximate surface area is 189 Å². The summed E-state index contributed by atoms with van der Waals surface area (Å²) >= 11 is 0. The molecule has 8 heteroatoms. The van der Waals surface area contributed by atoms with Crippen LogP contribution in [0.4, 0.5) is 0 Å². The summed E-state index contributed by atoms with van der Waals surface area (Å²) in [4.78, 5) is 9.17. The highest BCUT2D eigenvalue weighted by Gasteiger charge is 2.33. The van der Waals surface area contributed by atoms with Crippen molar-refractivity contribution in [3.63, 3.8) is 0 Å². The van der Waals surface area contributed by atoms with Crippen molar-refractivity contribution in [2.24, 2.45) is 0 Å². The first-order valence-electron chi connectivity index (χ1n) is 11.6. The van der Waals surface area contributed by atoms with Crippen molar-refractivity contribution in [1.82, 2.24) is 35.0 Å². The van der Waals surface area contributed by atoms with Gasteiger partial charge in [0.15, 0.2) is 5.82 Å². The van der Waals surface area contributed by atoms with Gasteiger partial charge in [-0.15, -0.1) is 5.10 Å². The number of tetrazole rings is 1. The quantitative estimate of drug-likeness (QED) is 0.567. The summed E-state index contributed by atoms with van der Waals surface area (Å²) in [6.45, 7) is 4.93. The molecular weight excluding hydrogens is 402 g/mol. The summed E-state index contributed by atoms with van der Waals surface area (Å²) in [7, 11) is 1.70. The maximum Gasteiger partial charge on any atom is 0.173 e. The molecule has 3 heterocycles. The SMILES string of the molecule is COc1ccc([C@@H](c2nnnn2C2CCCC2)N2CCN(Cc3ccncc3)CC2)cc1. The second-order valence-electron chi connectivity index (χ2n) is 8.76. The summed E-state index contributed by atoms with van der Waals surface area (Å²) in [6.07, 6.45) is 8.57. The number of benzene rings is 1. The number of hydrogen-bond donors (Lipinski definition) is 0. The first kappa shape index (κ1) is 21.0. The second kappa shape index (κ2) is 9.75. The van der Waals surface area contributed by atoms with Gasteiger partial charge in [-0.05, 0) is 58.7 Å². The van der Waals surface area contributed by atoms with Crippen LogP contribution in [0.1, 0.15) is 54.7 Å². The lowest BCUT2D eigenvalue weighted by Gasteiger charge is -2.39. The molecule has 1 aromatic carbocycles. The molecule has 1 aliphatic carbocycles. The van der Waals surface area contributed by atoms with Gasteiger partial charge in [-0.25, -0.2) is 4.68 Å². The first-order valence-corrected chi connectivity index (χ1v) is 11.6. The molecule has 3 aromatic rings. The number of aromatic nitrogens is 5. The van der Waals surface area contributed by atoms with Gasteiger partial charge in [0, 0.05) is 45.1 Å². The molecule has 1 atom stereocenters. The van der Waals surface area contributed by atoms with Crippen molar-refractivity contribution in [2.45, 2.75) is 44.3 Å². The van der Waals surface area contributed by atoms with Gasteiger partial charge in [0.2, 0.25) is 0 Å². The summed E-state index contributed by atoms with van der Waals surface area (Å²) < 4.78 is 7.49. The summed E-state index contributed by atoms with van der Waals surface area (Å²) in [6, 6.07) is 13.0. The van der Waals surface area contributed by atoms with E-state index in [1.807, 2.05) is 24.5 Å². The molecule has 5 rings (SSSR count). The molecule has 0 radical (unpaired) electrons. The standard InChI is InChI=1S/C24H31N7O/c1-32-22-8-6-20(7-9-22)23(24-26-27-28-31(24)21-4-2-3-5-21)30-16-14-29(15-17-30)18-19-10-12-25-13-11-19/h6-13,21,23H,2-5,14-18H2,1H3/t23-/m0/s1. The molecule has 0 unspecified atom stereocenters. The lowest BCUT2D eigenvalue weighted by Crippen LogP contribution is -2.48. The number of hydrogen-bond acceptors (Lipinski definition) is 7. The smallest absolute Gasteiger partial charge is 0.173 e. The van der Waals surface area contributed by atoms with Crippen LogP contribution >= 0.6 is 0 Å². The summed E-state index contributed by atoms with van der Waals surface area (Å²) in [5, 5.41) is 13.1. The van der Waals surface area contributed by atoms with E-state index in [1.165, 1.54) is 24.0 Å². The molecule has 2 aliphatic rings. The Morgan fingerprint density at radius 1 is 0.969 bits per heavy atom. The summed E-state index contributed by atoms with van der Waals surface area (Å²) in [5.74, 6) is 1.83. The number of nitrogens with zero attached hydrogens (tertiary/aromatic N) is 7. The molecular formula is C24H31N7O. The van der Waals surface area contributed by atoms with Crippen LogP contribution in [0.3, 0.4) is 0 Å². The fourth-order valence-corrected chi connectivity index (χ4v) is 5.02. The van der Waals surface area contributed by atoms with E-state index in [1.54, 1.807) is 7.11 Å². The van der Waals surface area contributed by atoms with Gasteiger partial charge in [-0.2, -0.15) is 0 Å². The molecule has 8 nitrogen and oxygen atoms in total. The average Bonchev–Trinajstić information content (AvgIpc) is 3.54. The van der Waals surface area contributed by atoms with Crippen molar-refractivity contribution in [3.8, 4) is 5.75 Å². The van der Waals surface area contributed by atoms with E-state index in [4.69, 9.17) is 4.74 Å². The largest absolute Gasteiger partial charge is 0.497 e. The lowest BCUT2D eigenvalue weighted by atomic mass is 10.0. The maximum atomic E-state index is 5.39. The van der Waals surface area contributed by atoms with E-state index >= 15 is 0 Å². The van der Waals surface area contributed by atoms with E-state index in [-0.39, 0.29) is 6.04 Å². The van der Waals surface area contributed by atoms with E-state index in [9.17, 15) is 0 Å². The van der Waals surface area contributed by atoms with Crippen LogP contribution in [0.5, 0.6) is 5.75 Å². The Hall–Kier alpha value is -2.84. The third-order valence-electron chi connectivity index (χ3n) is 6.79. The molecule has 0 amide bonds. The van der Waals surface area contributed by atoms with E-state index in [0.717, 1.165) is 57.1 Å². The Morgan fingerprint density at radius 2 is 1.69 bits per heavy atom. The fourth-order valence-electron chi connectivity index (χ4n) is 5.02. The zero-order chi connectivity index (χ0) is 21.8. The minimum absolute atomic E-state index is 0.0413. The van der Waals surface area contributed by atoms with Crippen molar-refractivity contribution >= 4 is 0 Å². The van der Waals surface area contributed by atoms with Gasteiger partial charge >= 0.3 is 0 Å². The molecule has 168 valence electrons. The van der Waals surface area contributed by atoms with Gasteiger partial charge in [-0.3, -0.25) is 14.8 Å². The highest BCUT2D eigenvalue weighted by atomic mass is 16.5. The molecule has 32 heavy (non-hydrogen) atoms. The minimum atomic E-state index is 0.0413. The Kier molecular flexibility index (Phi) is 6.41. The van der Waals surface area contributed by atoms with Crippen LogP contribution in [-0.4, -0.2) is 68.3 Å². The molecule has 2 fully saturated rings. The van der Waals surface area contributed by atoms with Crippen LogP contribution in [0.25, 0.3) is 0 Å². The third-order valence-corrected chi connectivity index (χ3v) is 6.79. The molecule has 0 spiro atoms. The Bertz CT molecular complexity index is 977. The van der Waals surface area contributed by atoms with Gasteiger partial charge in [0.1, 0.15) is 5.75 Å². The number of piperazine rings is 1. The molecule has 1 saturated heterocycles. The lowest BCUT2D eigenvalue weighted by molar-refractivity contribution is 0.0993. The van der Waals surface area contributed by atoms with Gasteiger partial charge in [-0.1, -0.05) is 25.0 Å². The number of pyridine rings is 1. The van der Waals surface area contributed by atoms with Gasteiger partial charge < -0.3 is 4.74 Å². The van der Waals surface area contributed by atoms with E-state index < -0.39 is 0 Å². The predicted molar refractivity (Wildman–Crippen MR) is 121 cm³/mol. The first-order chi connectivity index (χ1) is 15.8. The average molecular weight is 434 g/mol. The maximum absolute atomic E-state index is 5.39. The molecule has 1 saturated carbocycles. The van der Waals surface area contributed by atoms with Gasteiger partial charge in [0.25, 0.3) is 0 Å². The van der Waals surface area contributed by atoms with Crippen molar-refractivity contribution in [2.75, 3.05) is 33.3 Å². The third kappa shape index (κ3) is 4.52. The van der Waals surface area contributed by atoms with Crippen LogP contribution in [0, 0.1) is 0 Å². The Balaban J connectivity index is 1.38. The zero-order valence-electron chi connectivity index (χ0n) is 18.7. The van der Waals surface area contributed by atoms with Crippen LogP contribution in [-0.2, 0) is 6.54 Å². The molecule has 2 aromatic heterocycles. The van der Waals surface area contributed by atoms with Crippen LogP contribution in [0.2, 0.25) is 0 Å². The van der Waals surface area contributed by atoms with Crippen LogP contribution < -0.4 is 4.74 Å². The highest BCUT2D eigenvalue weighted by molar-refractivity contribution is 5.32. The normalized spacial score (nSPS) is 19.3. The second-order valence-corrected chi connectivity index (χ2v) is 8.76. The van der Waals surface area contributed by atoms with Crippen molar-refractivity contribution < 1.29 is 4.74 Å². The predicted octanol–water partition coefficient (Wildman–Crippen LogP) is 3.10. The van der Waals surface area contributed by atoms with E-state index in [2.05, 4.69) is 59.3 Å².